The summed E-state index contributed by atoms with van der Waals surface area (Å²) in [7, 11) is 0. The Morgan fingerprint density at radius 1 is 1.13 bits per heavy atom. The highest BCUT2D eigenvalue weighted by atomic mass is 35.5. The number of nitriles is 1. The second-order valence-electron chi connectivity index (χ2n) is 10.6. The first kappa shape index (κ1) is 30.2. The highest BCUT2D eigenvalue weighted by Crippen LogP contribution is 2.37. The summed E-state index contributed by atoms with van der Waals surface area (Å²) in [6, 6.07) is 6.68. The number of rotatable bonds is 7. The van der Waals surface area contributed by atoms with Crippen LogP contribution in [0, 0.1) is 11.3 Å². The molecule has 0 bridgehead atoms. The smallest absolute Gasteiger partial charge is 0.337 e. The summed E-state index contributed by atoms with van der Waals surface area (Å²) < 4.78 is 44.1. The zero-order chi connectivity index (χ0) is 31.7. The lowest BCUT2D eigenvalue weighted by molar-refractivity contribution is -0.141. The van der Waals surface area contributed by atoms with Crippen molar-refractivity contribution in [3.05, 3.63) is 59.3 Å². The number of alkyl halides is 3. The van der Waals surface area contributed by atoms with E-state index in [1.54, 1.807) is 28.0 Å². The predicted octanol–water partition coefficient (Wildman–Crippen LogP) is 3.36. The molecule has 2 aliphatic rings. The van der Waals surface area contributed by atoms with E-state index < -0.39 is 11.9 Å². The number of carbonyl (C=O) groups is 2. The van der Waals surface area contributed by atoms with Gasteiger partial charge in [-0.1, -0.05) is 11.6 Å². The van der Waals surface area contributed by atoms with E-state index in [-0.39, 0.29) is 58.7 Å². The number of halogens is 4. The van der Waals surface area contributed by atoms with E-state index in [2.05, 4.69) is 31.0 Å². The average Bonchev–Trinajstić information content (AvgIpc) is 3.63. The van der Waals surface area contributed by atoms with Gasteiger partial charge in [0.05, 0.1) is 53.1 Å². The quantitative estimate of drug-likeness (QED) is 0.278. The van der Waals surface area contributed by atoms with Crippen LogP contribution in [0.15, 0.2) is 43.0 Å². The topological polar surface area (TPSA) is 149 Å². The normalized spacial score (nSPS) is 15.5. The molecule has 6 rings (SSSR count). The molecule has 2 fully saturated rings. The van der Waals surface area contributed by atoms with Crippen molar-refractivity contribution in [2.24, 2.45) is 0 Å². The molecule has 2 aliphatic heterocycles. The number of benzene rings is 1. The fourth-order valence-corrected chi connectivity index (χ4v) is 5.41. The number of nitrogens with zero attached hydrogens (tertiary/aromatic N) is 8. The molecule has 234 valence electrons. The van der Waals surface area contributed by atoms with Crippen molar-refractivity contribution in [2.75, 3.05) is 44.6 Å². The summed E-state index contributed by atoms with van der Waals surface area (Å²) in [5.74, 6) is -0.0138. The van der Waals surface area contributed by atoms with Gasteiger partial charge < -0.3 is 25.8 Å². The first-order chi connectivity index (χ1) is 21.6. The molecule has 0 atom stereocenters. The number of nitrogens with one attached hydrogen (secondary N) is 3. The second kappa shape index (κ2) is 12.3. The van der Waals surface area contributed by atoms with Crippen LogP contribution in [-0.4, -0.2) is 91.2 Å². The van der Waals surface area contributed by atoms with Gasteiger partial charge in [0.2, 0.25) is 0 Å². The molecule has 13 nitrogen and oxygen atoms in total. The molecule has 0 aliphatic carbocycles. The first-order valence-electron chi connectivity index (χ1n) is 14.1. The maximum atomic E-state index is 13.8. The Bertz CT molecular complexity index is 1790. The van der Waals surface area contributed by atoms with E-state index >= 15 is 0 Å². The Morgan fingerprint density at radius 2 is 1.89 bits per heavy atom. The van der Waals surface area contributed by atoms with Gasteiger partial charge in [-0.2, -0.15) is 23.5 Å². The minimum atomic E-state index is -4.73. The van der Waals surface area contributed by atoms with Crippen molar-refractivity contribution in [3.63, 3.8) is 0 Å². The van der Waals surface area contributed by atoms with Crippen LogP contribution in [0.3, 0.4) is 0 Å². The molecule has 17 heteroatoms. The van der Waals surface area contributed by atoms with Crippen LogP contribution in [0.4, 0.5) is 29.5 Å². The second-order valence-corrected chi connectivity index (χ2v) is 11.0. The Balaban J connectivity index is 1.17. The number of hydrogen-bond donors (Lipinski definition) is 3. The largest absolute Gasteiger partial charge is 0.435 e. The molecule has 3 N–H and O–H groups in total. The molecule has 3 amide bonds. The van der Waals surface area contributed by atoms with Crippen LogP contribution in [0.25, 0.3) is 16.9 Å². The molecular formula is C28H27ClF3N11O2. The number of fused-ring (bicyclic) bond motifs is 1. The van der Waals surface area contributed by atoms with Crippen molar-refractivity contribution < 1.29 is 22.8 Å². The predicted molar refractivity (Wildman–Crippen MR) is 157 cm³/mol. The van der Waals surface area contributed by atoms with E-state index in [0.29, 0.717) is 37.4 Å². The van der Waals surface area contributed by atoms with Crippen LogP contribution in [0.5, 0.6) is 0 Å². The molecule has 0 saturated carbocycles. The van der Waals surface area contributed by atoms with E-state index in [0.717, 1.165) is 17.8 Å². The van der Waals surface area contributed by atoms with Crippen molar-refractivity contribution in [2.45, 2.75) is 25.2 Å². The molecule has 3 aromatic heterocycles. The molecule has 5 heterocycles. The van der Waals surface area contributed by atoms with Gasteiger partial charge in [0.15, 0.2) is 17.2 Å². The Kier molecular flexibility index (Phi) is 8.21. The van der Waals surface area contributed by atoms with Gasteiger partial charge in [-0.05, 0) is 18.2 Å². The van der Waals surface area contributed by atoms with Crippen LogP contribution in [-0.2, 0) is 12.7 Å². The Morgan fingerprint density at radius 3 is 2.56 bits per heavy atom. The maximum absolute atomic E-state index is 13.8. The lowest BCUT2D eigenvalue weighted by atomic mass is 10.1. The lowest BCUT2D eigenvalue weighted by Crippen LogP contribution is -2.61. The Labute approximate surface area is 259 Å². The maximum Gasteiger partial charge on any atom is 0.435 e. The zero-order valence-electron chi connectivity index (χ0n) is 23.7. The molecule has 0 spiro atoms. The lowest BCUT2D eigenvalue weighted by Gasteiger charge is -2.37. The SMILES string of the molecule is N#CCCn1cc(-c2cnc3c(Nc4ccc(C(=O)N5CCN(C(=O)NC6CNC6)CC5)c(Cl)c4)nccn23)c(C(F)(F)F)n1. The fraction of sp³-hybridized carbons (Fsp3) is 0.357. The summed E-state index contributed by atoms with van der Waals surface area (Å²) in [6.07, 6.45) is 0.719. The molecule has 0 unspecified atom stereocenters. The molecular weight excluding hydrogens is 615 g/mol. The standard InChI is InChI=1S/C28H27ClF3N11O2/c29-21-12-17(2-3-19(21)26(44)40-8-10-41(11-9-40)27(45)38-18-13-34-14-18)37-24-25-36-15-22(43(25)7-5-35-24)20-16-42(6-1-4-33)39-23(20)28(30,31)32/h2-3,5,7,12,15-16,18,34H,1,6,8-11,13-14H2,(H,35,37)(H,38,45). The average molecular weight is 642 g/mol. The summed E-state index contributed by atoms with van der Waals surface area (Å²) in [5, 5.41) is 21.8. The third kappa shape index (κ3) is 6.22. The van der Waals surface area contributed by atoms with Crippen LogP contribution >= 0.6 is 11.6 Å². The highest BCUT2D eigenvalue weighted by Gasteiger charge is 2.38. The number of amides is 3. The van der Waals surface area contributed by atoms with Gasteiger partial charge in [0, 0.05) is 63.5 Å². The number of aryl methyl sites for hydroxylation is 1. The summed E-state index contributed by atoms with van der Waals surface area (Å²) >= 11 is 6.52. The number of hydrogen-bond acceptors (Lipinski definition) is 8. The third-order valence-electron chi connectivity index (χ3n) is 7.61. The summed E-state index contributed by atoms with van der Waals surface area (Å²) in [4.78, 5) is 37.6. The first-order valence-corrected chi connectivity index (χ1v) is 14.5. The van der Waals surface area contributed by atoms with Crippen molar-refractivity contribution in [1.29, 1.82) is 5.26 Å². The molecule has 2 saturated heterocycles. The number of carbonyl (C=O) groups excluding carboxylic acids is 2. The zero-order valence-corrected chi connectivity index (χ0v) is 24.4. The molecule has 45 heavy (non-hydrogen) atoms. The van der Waals surface area contributed by atoms with Crippen LogP contribution < -0.4 is 16.0 Å². The summed E-state index contributed by atoms with van der Waals surface area (Å²) in [6.45, 7) is 3.06. The van der Waals surface area contributed by atoms with Gasteiger partial charge in [-0.15, -0.1) is 0 Å². The van der Waals surface area contributed by atoms with Gasteiger partial charge in [0.1, 0.15) is 0 Å². The van der Waals surface area contributed by atoms with Crippen LogP contribution in [0.1, 0.15) is 22.5 Å². The Hall–Kier alpha value is -4.88. The fourth-order valence-electron chi connectivity index (χ4n) is 5.15. The van der Waals surface area contributed by atoms with Crippen molar-refractivity contribution in [3.8, 4) is 17.3 Å². The summed E-state index contributed by atoms with van der Waals surface area (Å²) in [5.41, 5.74) is -0.110. The number of imidazole rings is 1. The van der Waals surface area contributed by atoms with Gasteiger partial charge >= 0.3 is 12.2 Å². The monoisotopic (exact) mass is 641 g/mol. The minimum absolute atomic E-state index is 0.00442. The van der Waals surface area contributed by atoms with E-state index in [1.807, 2.05) is 6.07 Å². The van der Waals surface area contributed by atoms with Crippen molar-refractivity contribution in [1.82, 2.24) is 44.6 Å². The number of anilines is 2. The number of urea groups is 1. The number of piperazine rings is 1. The third-order valence-corrected chi connectivity index (χ3v) is 7.92. The molecule has 1 aromatic carbocycles. The van der Waals surface area contributed by atoms with Crippen molar-refractivity contribution >= 4 is 40.7 Å². The van der Waals surface area contributed by atoms with Gasteiger partial charge in [0.25, 0.3) is 5.91 Å². The van der Waals surface area contributed by atoms with Gasteiger partial charge in [-0.3, -0.25) is 13.9 Å². The molecule has 0 radical (unpaired) electrons. The van der Waals surface area contributed by atoms with E-state index in [9.17, 15) is 22.8 Å². The molecule has 4 aromatic rings. The van der Waals surface area contributed by atoms with E-state index in [4.69, 9.17) is 16.9 Å². The minimum Gasteiger partial charge on any atom is -0.337 e. The van der Waals surface area contributed by atoms with E-state index in [1.165, 1.54) is 29.2 Å². The van der Waals surface area contributed by atoms with Crippen LogP contribution in [0.2, 0.25) is 5.02 Å². The number of aromatic nitrogens is 5. The highest BCUT2D eigenvalue weighted by molar-refractivity contribution is 6.34. The van der Waals surface area contributed by atoms with Gasteiger partial charge in [-0.25, -0.2) is 14.8 Å².